The number of hydrogen-bond donors (Lipinski definition) is 1. The van der Waals surface area contributed by atoms with Gasteiger partial charge in [0.2, 0.25) is 0 Å². The first kappa shape index (κ1) is 17.8. The van der Waals surface area contributed by atoms with E-state index >= 15 is 0 Å². The summed E-state index contributed by atoms with van der Waals surface area (Å²) in [5.41, 5.74) is 2.98. The molecular weight excluding hydrogens is 370 g/mol. The molecule has 1 N–H and O–H groups in total. The highest BCUT2D eigenvalue weighted by atomic mass is 32.2. The zero-order valence-electron chi connectivity index (χ0n) is 13.4. The quantitative estimate of drug-likeness (QED) is 0.384. The van der Waals surface area contributed by atoms with Crippen molar-refractivity contribution < 1.29 is 9.72 Å². The molecule has 0 aliphatic rings. The van der Waals surface area contributed by atoms with E-state index in [0.29, 0.717) is 10.4 Å². The molecule has 0 aliphatic carbocycles. The Bertz CT molecular complexity index is 955. The number of hydrazone groups is 1. The third-order valence-electron chi connectivity index (χ3n) is 3.25. The monoisotopic (exact) mass is 383 g/mol. The van der Waals surface area contributed by atoms with E-state index in [1.165, 1.54) is 24.0 Å². The number of rotatable bonds is 6. The van der Waals surface area contributed by atoms with E-state index in [2.05, 4.69) is 10.5 Å². The second-order valence-corrected chi connectivity index (χ2v) is 7.25. The smallest absolute Gasteiger partial charge is 0.267 e. The van der Waals surface area contributed by atoms with Crippen molar-refractivity contribution in [3.05, 3.63) is 87.3 Å². The normalized spacial score (nSPS) is 10.8. The van der Waals surface area contributed by atoms with Crippen LogP contribution in [0.15, 0.2) is 81.6 Å². The van der Waals surface area contributed by atoms with Crippen LogP contribution in [-0.4, -0.2) is 17.0 Å². The topological polar surface area (TPSA) is 84.6 Å². The van der Waals surface area contributed by atoms with Crippen molar-refractivity contribution in [2.75, 3.05) is 0 Å². The SMILES string of the molecule is O=C(NN=Cc1ccc([N+](=O)[O-])s1)c1ccccc1Sc1ccccc1. The number of nitro groups is 1. The number of amides is 1. The Kier molecular flexibility index (Phi) is 5.77. The van der Waals surface area contributed by atoms with Gasteiger partial charge in [-0.2, -0.15) is 5.10 Å². The van der Waals surface area contributed by atoms with Crippen LogP contribution in [-0.2, 0) is 0 Å². The van der Waals surface area contributed by atoms with E-state index in [-0.39, 0.29) is 10.9 Å². The number of benzene rings is 2. The second-order valence-electron chi connectivity index (χ2n) is 5.04. The molecule has 130 valence electrons. The fourth-order valence-corrected chi connectivity index (χ4v) is 3.74. The molecule has 0 atom stereocenters. The number of hydrogen-bond acceptors (Lipinski definition) is 6. The summed E-state index contributed by atoms with van der Waals surface area (Å²) < 4.78 is 0. The van der Waals surface area contributed by atoms with Gasteiger partial charge in [0.25, 0.3) is 5.91 Å². The van der Waals surface area contributed by atoms with Gasteiger partial charge in [-0.25, -0.2) is 5.43 Å². The van der Waals surface area contributed by atoms with Crippen LogP contribution >= 0.6 is 23.1 Å². The Morgan fingerprint density at radius 1 is 1.08 bits per heavy atom. The van der Waals surface area contributed by atoms with Gasteiger partial charge in [-0.05, 0) is 30.3 Å². The Balaban J connectivity index is 1.69. The molecule has 0 radical (unpaired) electrons. The average Bonchev–Trinajstić information content (AvgIpc) is 3.12. The van der Waals surface area contributed by atoms with Gasteiger partial charge in [0.15, 0.2) is 0 Å². The van der Waals surface area contributed by atoms with Crippen LogP contribution in [0.5, 0.6) is 0 Å². The first-order valence-electron chi connectivity index (χ1n) is 7.53. The fraction of sp³-hybridized carbons (Fsp3) is 0. The molecule has 0 saturated heterocycles. The lowest BCUT2D eigenvalue weighted by Gasteiger charge is -2.07. The highest BCUT2D eigenvalue weighted by molar-refractivity contribution is 7.99. The summed E-state index contributed by atoms with van der Waals surface area (Å²) in [5, 5.41) is 14.6. The average molecular weight is 383 g/mol. The molecule has 6 nitrogen and oxygen atoms in total. The number of thiophene rings is 1. The van der Waals surface area contributed by atoms with Crippen molar-refractivity contribution in [1.82, 2.24) is 5.43 Å². The molecule has 0 unspecified atom stereocenters. The Morgan fingerprint density at radius 2 is 1.81 bits per heavy atom. The fourth-order valence-electron chi connectivity index (χ4n) is 2.08. The molecule has 3 rings (SSSR count). The molecule has 3 aromatic rings. The predicted octanol–water partition coefficient (Wildman–Crippen LogP) is 4.57. The van der Waals surface area contributed by atoms with Crippen LogP contribution in [0, 0.1) is 10.1 Å². The minimum atomic E-state index is -0.461. The van der Waals surface area contributed by atoms with Crippen molar-refractivity contribution >= 4 is 40.2 Å². The minimum absolute atomic E-state index is 0.0300. The molecule has 0 fully saturated rings. The molecule has 8 heteroatoms. The first-order valence-corrected chi connectivity index (χ1v) is 9.16. The highest BCUT2D eigenvalue weighted by Crippen LogP contribution is 2.30. The minimum Gasteiger partial charge on any atom is -0.267 e. The van der Waals surface area contributed by atoms with Gasteiger partial charge < -0.3 is 0 Å². The van der Waals surface area contributed by atoms with Crippen LogP contribution in [0.25, 0.3) is 0 Å². The molecule has 26 heavy (non-hydrogen) atoms. The molecule has 1 aromatic heterocycles. The number of carbonyl (C=O) groups excluding carboxylic acids is 1. The molecular formula is C18H13N3O3S2. The van der Waals surface area contributed by atoms with Gasteiger partial charge in [0.1, 0.15) is 0 Å². The lowest BCUT2D eigenvalue weighted by Crippen LogP contribution is -2.18. The standard InChI is InChI=1S/C18H13N3O3S2/c22-18(20-19-12-14-10-11-17(26-14)21(23)24)15-8-4-5-9-16(15)25-13-6-2-1-3-7-13/h1-12H,(H,20,22). The predicted molar refractivity (Wildman–Crippen MR) is 103 cm³/mol. The second kappa shape index (κ2) is 8.41. The number of carbonyl (C=O) groups is 1. The van der Waals surface area contributed by atoms with E-state index in [0.717, 1.165) is 21.1 Å². The Hall–Kier alpha value is -2.97. The highest BCUT2D eigenvalue weighted by Gasteiger charge is 2.12. The summed E-state index contributed by atoms with van der Waals surface area (Å²) in [6, 6.07) is 20.0. The van der Waals surface area contributed by atoms with E-state index in [4.69, 9.17) is 0 Å². The van der Waals surface area contributed by atoms with Gasteiger partial charge in [-0.3, -0.25) is 14.9 Å². The van der Waals surface area contributed by atoms with E-state index in [1.54, 1.807) is 18.2 Å². The van der Waals surface area contributed by atoms with Crippen molar-refractivity contribution in [1.29, 1.82) is 0 Å². The summed E-state index contributed by atoms with van der Waals surface area (Å²) >= 11 is 2.48. The molecule has 0 spiro atoms. The maximum Gasteiger partial charge on any atom is 0.324 e. The Morgan fingerprint density at radius 3 is 2.54 bits per heavy atom. The van der Waals surface area contributed by atoms with Crippen molar-refractivity contribution in [2.24, 2.45) is 5.10 Å². The van der Waals surface area contributed by atoms with Crippen LogP contribution in [0.4, 0.5) is 5.00 Å². The number of nitrogens with one attached hydrogen (secondary N) is 1. The zero-order valence-corrected chi connectivity index (χ0v) is 15.0. The van der Waals surface area contributed by atoms with Gasteiger partial charge in [0.05, 0.1) is 21.6 Å². The van der Waals surface area contributed by atoms with Gasteiger partial charge >= 0.3 is 5.00 Å². The molecule has 0 bridgehead atoms. The first-order chi connectivity index (χ1) is 12.6. The summed E-state index contributed by atoms with van der Waals surface area (Å²) in [6.07, 6.45) is 1.39. The van der Waals surface area contributed by atoms with Crippen LogP contribution < -0.4 is 5.43 Å². The number of nitrogens with zero attached hydrogens (tertiary/aromatic N) is 2. The summed E-state index contributed by atoms with van der Waals surface area (Å²) in [6.45, 7) is 0. The molecule has 2 aromatic carbocycles. The third kappa shape index (κ3) is 4.56. The molecule has 1 amide bonds. The van der Waals surface area contributed by atoms with Crippen molar-refractivity contribution in [3.8, 4) is 0 Å². The third-order valence-corrected chi connectivity index (χ3v) is 5.31. The maximum atomic E-state index is 12.4. The van der Waals surface area contributed by atoms with Gasteiger partial charge in [-0.15, -0.1) is 0 Å². The summed E-state index contributed by atoms with van der Waals surface area (Å²) in [7, 11) is 0. The van der Waals surface area contributed by atoms with Crippen LogP contribution in [0.1, 0.15) is 15.2 Å². The van der Waals surface area contributed by atoms with Crippen LogP contribution in [0.2, 0.25) is 0 Å². The molecule has 0 aliphatic heterocycles. The summed E-state index contributed by atoms with van der Waals surface area (Å²) in [5.74, 6) is -0.341. The van der Waals surface area contributed by atoms with Gasteiger partial charge in [0, 0.05) is 15.9 Å². The lowest BCUT2D eigenvalue weighted by molar-refractivity contribution is -0.380. The molecule has 1 heterocycles. The largest absolute Gasteiger partial charge is 0.324 e. The lowest BCUT2D eigenvalue weighted by atomic mass is 10.2. The van der Waals surface area contributed by atoms with Crippen molar-refractivity contribution in [3.63, 3.8) is 0 Å². The van der Waals surface area contributed by atoms with E-state index in [9.17, 15) is 14.9 Å². The van der Waals surface area contributed by atoms with E-state index in [1.807, 2.05) is 42.5 Å². The zero-order chi connectivity index (χ0) is 18.4. The molecule has 0 saturated carbocycles. The van der Waals surface area contributed by atoms with Crippen molar-refractivity contribution in [2.45, 2.75) is 9.79 Å². The summed E-state index contributed by atoms with van der Waals surface area (Å²) in [4.78, 5) is 25.1. The van der Waals surface area contributed by atoms with Crippen LogP contribution in [0.3, 0.4) is 0 Å². The van der Waals surface area contributed by atoms with E-state index < -0.39 is 4.92 Å². The Labute approximate surface area is 157 Å². The van der Waals surface area contributed by atoms with Gasteiger partial charge in [-0.1, -0.05) is 53.4 Å². The maximum absolute atomic E-state index is 12.4.